The van der Waals surface area contributed by atoms with Gasteiger partial charge in [0.25, 0.3) is 0 Å². The number of fused-ring (bicyclic) bond motifs is 7. The van der Waals surface area contributed by atoms with Gasteiger partial charge in [0.05, 0.1) is 7.11 Å². The smallest absolute Gasteiger partial charge is 0.664 e. The first-order chi connectivity index (χ1) is 18.7. The molecular formula is C32H30MgN4O3-2. The van der Waals surface area contributed by atoms with Crippen molar-refractivity contribution >= 4 is 64.7 Å². The number of hydrogen-bond acceptors (Lipinski definition) is 3. The van der Waals surface area contributed by atoms with Crippen LogP contribution in [0.4, 0.5) is 0 Å². The Balaban J connectivity index is 0.00000323. The zero-order valence-electron chi connectivity index (χ0n) is 23.8. The molecule has 3 aromatic heterocycles. The molecule has 200 valence electrons. The number of carbonyl (C=O) groups is 2. The van der Waals surface area contributed by atoms with Gasteiger partial charge in [0.15, 0.2) is 5.78 Å². The maximum Gasteiger partial charge on any atom is 2.00 e. The van der Waals surface area contributed by atoms with Crippen LogP contribution in [-0.2, 0) is 9.53 Å². The first kappa shape index (κ1) is 28.0. The molecule has 1 aliphatic carbocycles. The third-order valence-corrected chi connectivity index (χ3v) is 8.47. The summed E-state index contributed by atoms with van der Waals surface area (Å²) in [4.78, 5) is 41.5. The van der Waals surface area contributed by atoms with Crippen LogP contribution in [0.2, 0.25) is 0 Å². The molecule has 8 heteroatoms. The second-order valence-corrected chi connectivity index (χ2v) is 10.6. The molecule has 0 radical (unpaired) electrons. The maximum atomic E-state index is 13.8. The minimum absolute atomic E-state index is 0. The molecule has 0 saturated carbocycles. The molecule has 40 heavy (non-hydrogen) atoms. The van der Waals surface area contributed by atoms with E-state index in [0.29, 0.717) is 22.5 Å². The van der Waals surface area contributed by atoms with Gasteiger partial charge in [0, 0.05) is 5.56 Å². The standard InChI is InChI=1S/C32H31N4O3.Mg/c1-8-19-15(4)23-13-24-16(5)20(9-2)29(35-24)27-28(32(38)39-7)31(37)26-17(6)22(36-30(26)27)11-18-10-14(3)21(33-18)12-25(19)34-23;/h8,10-13,16,20,28H,1,9H2,2-7H3,(H-,35,36,37);/q-3;+2/p-1/b18-11-,21-12-,24-13-;/t16-,20-,28+;/m0./s1. The van der Waals surface area contributed by atoms with Crippen LogP contribution in [0.5, 0.6) is 0 Å². The quantitative estimate of drug-likeness (QED) is 0.285. The van der Waals surface area contributed by atoms with Gasteiger partial charge in [-0.3, -0.25) is 9.59 Å². The van der Waals surface area contributed by atoms with Crippen molar-refractivity contribution in [1.29, 1.82) is 0 Å². The van der Waals surface area contributed by atoms with Crippen molar-refractivity contribution in [3.63, 3.8) is 0 Å². The van der Waals surface area contributed by atoms with E-state index in [1.54, 1.807) is 0 Å². The van der Waals surface area contributed by atoms with Crippen molar-refractivity contribution in [1.82, 2.24) is 15.0 Å². The molecule has 0 spiro atoms. The molecular weight excluding hydrogens is 513 g/mol. The Morgan fingerprint density at radius 3 is 2.45 bits per heavy atom. The van der Waals surface area contributed by atoms with E-state index in [9.17, 15) is 9.59 Å². The van der Waals surface area contributed by atoms with Gasteiger partial charge in [-0.2, -0.15) is 11.4 Å². The third kappa shape index (κ3) is 3.99. The number of rotatable bonds is 3. The molecule has 0 N–H and O–H groups in total. The summed E-state index contributed by atoms with van der Waals surface area (Å²) in [6, 6.07) is 2.00. The first-order valence-electron chi connectivity index (χ1n) is 13.3. The minimum atomic E-state index is -1.07. The van der Waals surface area contributed by atoms with Crippen LogP contribution in [0.25, 0.3) is 35.2 Å². The van der Waals surface area contributed by atoms with E-state index < -0.39 is 11.9 Å². The molecule has 1 fully saturated rings. The van der Waals surface area contributed by atoms with Gasteiger partial charge in [-0.05, 0) is 38.2 Å². The molecule has 2 aliphatic heterocycles. The molecule has 3 atom stereocenters. The number of aryl methyl sites for hydroxylation is 1. The Morgan fingerprint density at radius 1 is 1.05 bits per heavy atom. The Kier molecular flexibility index (Phi) is 7.12. The number of carbonyl (C=O) groups excluding carboxylic acids is 2. The third-order valence-electron chi connectivity index (χ3n) is 8.47. The topological polar surface area (TPSA) is 99.8 Å². The monoisotopic (exact) mass is 542 g/mol. The number of nitrogens with zero attached hydrogens (tertiary/aromatic N) is 4. The average Bonchev–Trinajstić information content (AvgIpc) is 3.65. The minimum Gasteiger partial charge on any atom is -0.664 e. The van der Waals surface area contributed by atoms with E-state index in [1.165, 1.54) is 7.11 Å². The Labute approximate surface area is 249 Å². The van der Waals surface area contributed by atoms with Crippen LogP contribution in [0, 0.1) is 38.5 Å². The van der Waals surface area contributed by atoms with Gasteiger partial charge in [-0.25, -0.2) is 0 Å². The number of ether oxygens (including phenoxy) is 1. The fourth-order valence-corrected chi connectivity index (χ4v) is 6.26. The maximum absolute atomic E-state index is 13.8. The van der Waals surface area contributed by atoms with Gasteiger partial charge in [-0.15, -0.1) is 33.5 Å². The zero-order valence-corrected chi connectivity index (χ0v) is 25.2. The summed E-state index contributed by atoms with van der Waals surface area (Å²) in [6.45, 7) is 14.2. The van der Waals surface area contributed by atoms with Gasteiger partial charge in [0.1, 0.15) is 5.92 Å². The molecule has 3 aromatic rings. The molecule has 0 unspecified atom stereocenters. The van der Waals surface area contributed by atoms with Gasteiger partial charge < -0.3 is 25.0 Å². The first-order valence-corrected chi connectivity index (χ1v) is 13.3. The number of esters is 1. The normalized spacial score (nSPS) is 25.6. The van der Waals surface area contributed by atoms with E-state index in [0.717, 1.165) is 62.2 Å². The van der Waals surface area contributed by atoms with Crippen LogP contribution in [0.3, 0.4) is 0 Å². The van der Waals surface area contributed by atoms with E-state index in [1.807, 2.05) is 51.1 Å². The number of Topliss-reactive ketones (excluding diaryl/α,β-unsaturated/α-hetero) is 1. The zero-order chi connectivity index (χ0) is 27.7. The molecule has 7 nitrogen and oxygen atoms in total. The van der Waals surface area contributed by atoms with Crippen LogP contribution >= 0.6 is 0 Å². The summed E-state index contributed by atoms with van der Waals surface area (Å²) >= 11 is 0. The summed E-state index contributed by atoms with van der Waals surface area (Å²) in [5.74, 6) is -1.87. The molecule has 5 heterocycles. The van der Waals surface area contributed by atoms with Crippen molar-refractivity contribution < 1.29 is 14.3 Å². The molecule has 1 saturated heterocycles. The fraction of sp³-hybridized carbons (Fsp3) is 0.312. The summed E-state index contributed by atoms with van der Waals surface area (Å²) in [6.07, 6.45) is 8.54. The van der Waals surface area contributed by atoms with Crippen LogP contribution in [0.1, 0.15) is 75.7 Å². The van der Waals surface area contributed by atoms with Gasteiger partial charge in [-0.1, -0.05) is 79.5 Å². The van der Waals surface area contributed by atoms with Crippen molar-refractivity contribution in [2.45, 2.75) is 41.0 Å². The predicted molar refractivity (Wildman–Crippen MR) is 157 cm³/mol. The number of aromatic nitrogens is 3. The van der Waals surface area contributed by atoms with E-state index in [-0.39, 0.29) is 40.7 Å². The second kappa shape index (κ2) is 10.2. The van der Waals surface area contributed by atoms with Crippen LogP contribution < -0.4 is 25.7 Å². The van der Waals surface area contributed by atoms with Gasteiger partial charge in [0.2, 0.25) is 0 Å². The SMILES string of the molecule is C=Cc1c2[n-]c(c1C)/C=C1\[N-]/C(=C3\c4[n-]c(c(C)c4C(=O)[C@@H]3C(=O)OC)/C=c3/cc(C)/c([n-]3)=C/2)[C@@H](CC)[C@@H]1C.[Mg+2]. The summed E-state index contributed by atoms with van der Waals surface area (Å²) in [7, 11) is 1.31. The molecule has 3 aliphatic rings. The van der Waals surface area contributed by atoms with E-state index >= 15 is 0 Å². The Hall–Kier alpha value is -3.49. The number of ketones is 1. The van der Waals surface area contributed by atoms with Crippen LogP contribution in [-0.4, -0.2) is 41.9 Å². The van der Waals surface area contributed by atoms with E-state index in [4.69, 9.17) is 25.0 Å². The van der Waals surface area contributed by atoms with E-state index in [2.05, 4.69) is 20.4 Å². The fourth-order valence-electron chi connectivity index (χ4n) is 6.26. The number of allylic oxidation sites excluding steroid dienone is 2. The average molecular weight is 543 g/mol. The number of hydrogen-bond donors (Lipinski definition) is 0. The molecule has 0 aromatic carbocycles. The summed E-state index contributed by atoms with van der Waals surface area (Å²) in [5.41, 5.74) is 9.20. The van der Waals surface area contributed by atoms with Crippen molar-refractivity contribution in [2.24, 2.45) is 17.8 Å². The van der Waals surface area contributed by atoms with Crippen LogP contribution in [0.15, 0.2) is 24.0 Å². The summed E-state index contributed by atoms with van der Waals surface area (Å²) < 4.78 is 5.11. The van der Waals surface area contributed by atoms with Crippen molar-refractivity contribution in [3.05, 3.63) is 90.6 Å². The molecule has 8 bridgehead atoms. The Morgan fingerprint density at radius 2 is 1.77 bits per heavy atom. The largest absolute Gasteiger partial charge is 2.00 e. The van der Waals surface area contributed by atoms with Gasteiger partial charge >= 0.3 is 29.0 Å². The molecule has 6 rings (SSSR count). The molecule has 0 amide bonds. The van der Waals surface area contributed by atoms with Crippen molar-refractivity contribution in [2.75, 3.05) is 7.11 Å². The number of methoxy groups -OCH3 is 1. The second-order valence-electron chi connectivity index (χ2n) is 10.6. The predicted octanol–water partition coefficient (Wildman–Crippen LogP) is 3.50. The Bertz CT molecular complexity index is 1780. The van der Waals surface area contributed by atoms with Crippen molar-refractivity contribution in [3.8, 4) is 0 Å². The summed E-state index contributed by atoms with van der Waals surface area (Å²) in [5, 5.41) is 6.66.